The molecular weight excluding hydrogens is 310 g/mol. The monoisotopic (exact) mass is 327 g/mol. The van der Waals surface area contributed by atoms with Crippen molar-refractivity contribution in [3.63, 3.8) is 0 Å². The van der Waals surface area contributed by atoms with Crippen LogP contribution in [0.2, 0.25) is 0 Å². The molecule has 1 aromatic heterocycles. The molecule has 0 aliphatic carbocycles. The standard InChI is InChI=1S/C21H17N3O/c1-14-8-9-16(21(25)11-14)20-12-19(15-5-4-10-22-13-15)23-17-6-2-3-7-18(17)24-20/h2-11,13,25H,12H2,1H3. The Hall–Kier alpha value is -3.27. The fraction of sp³-hybridized carbons (Fsp3) is 0.0952. The first kappa shape index (κ1) is 15.3. The highest BCUT2D eigenvalue weighted by Crippen LogP contribution is 2.34. The lowest BCUT2D eigenvalue weighted by molar-refractivity contribution is 0.473. The van der Waals surface area contributed by atoms with E-state index in [1.54, 1.807) is 18.5 Å². The molecule has 3 aromatic rings. The van der Waals surface area contributed by atoms with E-state index in [1.165, 1.54) is 0 Å². The number of aromatic nitrogens is 1. The van der Waals surface area contributed by atoms with Gasteiger partial charge in [-0.1, -0.05) is 24.3 Å². The minimum absolute atomic E-state index is 0.240. The van der Waals surface area contributed by atoms with Gasteiger partial charge >= 0.3 is 0 Å². The zero-order valence-electron chi connectivity index (χ0n) is 13.8. The fourth-order valence-electron chi connectivity index (χ4n) is 2.92. The van der Waals surface area contributed by atoms with Crippen LogP contribution >= 0.6 is 0 Å². The number of benzene rings is 2. The van der Waals surface area contributed by atoms with Crippen LogP contribution in [0.4, 0.5) is 11.4 Å². The lowest BCUT2D eigenvalue weighted by Crippen LogP contribution is -2.10. The Kier molecular flexibility index (Phi) is 3.86. The van der Waals surface area contributed by atoms with Gasteiger partial charge in [0.1, 0.15) is 5.75 Å². The number of nitrogens with zero attached hydrogens (tertiary/aromatic N) is 3. The largest absolute Gasteiger partial charge is 0.507 e. The van der Waals surface area contributed by atoms with Gasteiger partial charge in [0, 0.05) is 29.9 Å². The van der Waals surface area contributed by atoms with Crippen LogP contribution in [-0.4, -0.2) is 21.5 Å². The van der Waals surface area contributed by atoms with Gasteiger partial charge in [0.05, 0.1) is 22.8 Å². The third-order valence-electron chi connectivity index (χ3n) is 4.19. The maximum absolute atomic E-state index is 10.4. The van der Waals surface area contributed by atoms with E-state index in [0.29, 0.717) is 6.42 Å². The van der Waals surface area contributed by atoms with E-state index in [4.69, 9.17) is 9.98 Å². The van der Waals surface area contributed by atoms with Crippen molar-refractivity contribution in [1.29, 1.82) is 0 Å². The minimum Gasteiger partial charge on any atom is -0.507 e. The number of phenols is 1. The van der Waals surface area contributed by atoms with Gasteiger partial charge in [0.15, 0.2) is 0 Å². The number of para-hydroxylation sites is 2. The zero-order chi connectivity index (χ0) is 17.2. The van der Waals surface area contributed by atoms with Crippen LogP contribution in [0.3, 0.4) is 0 Å². The molecule has 4 heteroatoms. The van der Waals surface area contributed by atoms with Crippen molar-refractivity contribution in [2.24, 2.45) is 9.98 Å². The summed E-state index contributed by atoms with van der Waals surface area (Å²) >= 11 is 0. The van der Waals surface area contributed by atoms with E-state index in [9.17, 15) is 5.11 Å². The first-order valence-corrected chi connectivity index (χ1v) is 8.15. The molecule has 0 amide bonds. The Bertz CT molecular complexity index is 991. The van der Waals surface area contributed by atoms with Crippen molar-refractivity contribution < 1.29 is 5.11 Å². The predicted molar refractivity (Wildman–Crippen MR) is 101 cm³/mol. The molecule has 2 heterocycles. The number of hydrogen-bond acceptors (Lipinski definition) is 4. The van der Waals surface area contributed by atoms with Gasteiger partial charge in [0.25, 0.3) is 0 Å². The van der Waals surface area contributed by atoms with Crippen molar-refractivity contribution in [2.45, 2.75) is 13.3 Å². The third-order valence-corrected chi connectivity index (χ3v) is 4.19. The Morgan fingerprint density at radius 2 is 1.64 bits per heavy atom. The molecule has 0 saturated carbocycles. The Morgan fingerprint density at radius 1 is 0.880 bits per heavy atom. The number of aliphatic imine (C=N–C) groups is 2. The summed E-state index contributed by atoms with van der Waals surface area (Å²) in [7, 11) is 0. The average molecular weight is 327 g/mol. The first-order valence-electron chi connectivity index (χ1n) is 8.15. The molecule has 4 rings (SSSR count). The van der Waals surface area contributed by atoms with Crippen LogP contribution in [0, 0.1) is 6.92 Å². The number of hydrogen-bond donors (Lipinski definition) is 1. The molecule has 1 aliphatic rings. The topological polar surface area (TPSA) is 57.8 Å². The molecule has 0 saturated heterocycles. The second kappa shape index (κ2) is 6.32. The Morgan fingerprint density at radius 3 is 2.32 bits per heavy atom. The first-order chi connectivity index (χ1) is 12.2. The van der Waals surface area contributed by atoms with E-state index >= 15 is 0 Å². The summed E-state index contributed by atoms with van der Waals surface area (Å²) in [4.78, 5) is 13.8. The maximum atomic E-state index is 10.4. The van der Waals surface area contributed by atoms with Gasteiger partial charge in [-0.25, -0.2) is 0 Å². The van der Waals surface area contributed by atoms with Crippen molar-refractivity contribution in [3.8, 4) is 5.75 Å². The van der Waals surface area contributed by atoms with Gasteiger partial charge in [-0.05, 0) is 42.8 Å². The third kappa shape index (κ3) is 3.06. The minimum atomic E-state index is 0.240. The zero-order valence-corrected chi connectivity index (χ0v) is 13.8. The summed E-state index contributed by atoms with van der Waals surface area (Å²) in [6.07, 6.45) is 4.08. The second-order valence-electron chi connectivity index (χ2n) is 6.04. The van der Waals surface area contributed by atoms with Gasteiger partial charge in [-0.15, -0.1) is 0 Å². The van der Waals surface area contributed by atoms with Crippen LogP contribution < -0.4 is 0 Å². The summed E-state index contributed by atoms with van der Waals surface area (Å²) in [5, 5.41) is 10.4. The normalized spacial score (nSPS) is 13.5. The molecule has 0 unspecified atom stereocenters. The Balaban J connectivity index is 1.89. The highest BCUT2D eigenvalue weighted by Gasteiger charge is 2.18. The van der Waals surface area contributed by atoms with Crippen molar-refractivity contribution >= 4 is 22.8 Å². The van der Waals surface area contributed by atoms with Crippen molar-refractivity contribution in [2.75, 3.05) is 0 Å². The molecule has 0 atom stereocenters. The predicted octanol–water partition coefficient (Wildman–Crippen LogP) is 4.74. The molecule has 25 heavy (non-hydrogen) atoms. The molecule has 0 radical (unpaired) electrons. The Labute approximate surface area is 146 Å². The summed E-state index contributed by atoms with van der Waals surface area (Å²) in [6, 6.07) is 17.3. The maximum Gasteiger partial charge on any atom is 0.124 e. The lowest BCUT2D eigenvalue weighted by Gasteiger charge is -2.10. The molecule has 4 nitrogen and oxygen atoms in total. The number of aromatic hydroxyl groups is 1. The molecule has 0 fully saturated rings. The number of aryl methyl sites for hydroxylation is 1. The summed E-state index contributed by atoms with van der Waals surface area (Å²) < 4.78 is 0. The smallest absolute Gasteiger partial charge is 0.124 e. The molecule has 122 valence electrons. The van der Waals surface area contributed by atoms with Crippen LogP contribution in [-0.2, 0) is 0 Å². The summed E-state index contributed by atoms with van der Waals surface area (Å²) in [5.41, 5.74) is 6.01. The lowest BCUT2D eigenvalue weighted by atomic mass is 9.99. The quantitative estimate of drug-likeness (QED) is 0.739. The molecule has 2 aromatic carbocycles. The van der Waals surface area contributed by atoms with E-state index in [1.807, 2.05) is 55.5 Å². The van der Waals surface area contributed by atoms with Gasteiger partial charge in [0.2, 0.25) is 0 Å². The fourth-order valence-corrected chi connectivity index (χ4v) is 2.92. The van der Waals surface area contributed by atoms with E-state index in [2.05, 4.69) is 4.98 Å². The second-order valence-corrected chi connectivity index (χ2v) is 6.04. The van der Waals surface area contributed by atoms with E-state index in [0.717, 1.165) is 39.5 Å². The SMILES string of the molecule is Cc1ccc(C2=Nc3ccccc3N=C(c3cccnc3)C2)c(O)c1. The number of fused-ring (bicyclic) bond motifs is 1. The van der Waals surface area contributed by atoms with Gasteiger partial charge < -0.3 is 5.11 Å². The molecule has 1 N–H and O–H groups in total. The van der Waals surface area contributed by atoms with Crippen molar-refractivity contribution in [3.05, 3.63) is 83.7 Å². The average Bonchev–Trinajstić information content (AvgIpc) is 2.82. The molecular formula is C21H17N3O. The van der Waals surface area contributed by atoms with Gasteiger partial charge in [-0.2, -0.15) is 0 Å². The summed E-state index contributed by atoms with van der Waals surface area (Å²) in [5.74, 6) is 0.240. The number of phenolic OH excluding ortho intramolecular Hbond substituents is 1. The van der Waals surface area contributed by atoms with Crippen LogP contribution in [0.25, 0.3) is 0 Å². The van der Waals surface area contributed by atoms with E-state index in [-0.39, 0.29) is 5.75 Å². The van der Waals surface area contributed by atoms with Crippen LogP contribution in [0.1, 0.15) is 23.1 Å². The van der Waals surface area contributed by atoms with Crippen LogP contribution in [0.15, 0.2) is 77.0 Å². The number of pyridine rings is 1. The highest BCUT2D eigenvalue weighted by molar-refractivity contribution is 6.20. The molecule has 1 aliphatic heterocycles. The van der Waals surface area contributed by atoms with Crippen molar-refractivity contribution in [1.82, 2.24) is 4.98 Å². The number of rotatable bonds is 2. The van der Waals surface area contributed by atoms with E-state index < -0.39 is 0 Å². The molecule has 0 spiro atoms. The molecule has 0 bridgehead atoms. The highest BCUT2D eigenvalue weighted by atomic mass is 16.3. The summed E-state index contributed by atoms with van der Waals surface area (Å²) in [6.45, 7) is 1.95. The van der Waals surface area contributed by atoms with Crippen LogP contribution in [0.5, 0.6) is 5.75 Å². The van der Waals surface area contributed by atoms with Gasteiger partial charge in [-0.3, -0.25) is 15.0 Å².